The molecule has 0 spiro atoms. The molecule has 0 radical (unpaired) electrons. The molecule has 0 aliphatic rings. The van der Waals surface area contributed by atoms with Crippen LogP contribution in [0.5, 0.6) is 5.75 Å². The normalized spacial score (nSPS) is 12.2. The summed E-state index contributed by atoms with van der Waals surface area (Å²) >= 11 is 0. The standard InChI is InChI=1S/C26H21N3O3/c1-16-11-12-22(32-17(2)18-8-4-3-5-9-18)24-19(26(30)31)14-20(28-25(16)24)21-15-29-13-7-6-10-23(29)27-21/h3-15,17H,1-2H3,(H,30,31)/t17-/m1/s1. The van der Waals surface area contributed by atoms with Gasteiger partial charge in [-0.25, -0.2) is 14.8 Å². The molecule has 1 atom stereocenters. The number of aryl methyl sites for hydroxylation is 1. The lowest BCUT2D eigenvalue weighted by molar-refractivity contribution is 0.0698. The Hall–Kier alpha value is -4.19. The van der Waals surface area contributed by atoms with Crippen LogP contribution in [0.4, 0.5) is 0 Å². The Balaban J connectivity index is 1.67. The van der Waals surface area contributed by atoms with Crippen LogP contribution in [0.2, 0.25) is 0 Å². The Morgan fingerprint density at radius 1 is 1.00 bits per heavy atom. The summed E-state index contributed by atoms with van der Waals surface area (Å²) in [5, 5.41) is 10.5. The lowest BCUT2D eigenvalue weighted by atomic mass is 10.0. The van der Waals surface area contributed by atoms with Crippen molar-refractivity contribution in [2.24, 2.45) is 0 Å². The van der Waals surface area contributed by atoms with E-state index in [9.17, 15) is 9.90 Å². The number of carboxylic acid groups (broad SMARTS) is 1. The number of rotatable bonds is 5. The molecule has 0 fully saturated rings. The minimum absolute atomic E-state index is 0.140. The molecule has 0 saturated carbocycles. The first-order chi connectivity index (χ1) is 15.5. The zero-order chi connectivity index (χ0) is 22.2. The highest BCUT2D eigenvalue weighted by atomic mass is 16.5. The van der Waals surface area contributed by atoms with Crippen molar-refractivity contribution in [3.8, 4) is 17.1 Å². The second-order valence-electron chi connectivity index (χ2n) is 7.73. The summed E-state index contributed by atoms with van der Waals surface area (Å²) in [6.07, 6.45) is 3.50. The molecule has 0 aliphatic carbocycles. The van der Waals surface area contributed by atoms with Gasteiger partial charge in [0.15, 0.2) is 0 Å². The number of aromatic nitrogens is 3. The molecule has 5 aromatic rings. The third-order valence-corrected chi connectivity index (χ3v) is 5.55. The maximum Gasteiger partial charge on any atom is 0.336 e. The highest BCUT2D eigenvalue weighted by Crippen LogP contribution is 2.35. The summed E-state index contributed by atoms with van der Waals surface area (Å²) in [5.74, 6) is -0.543. The van der Waals surface area contributed by atoms with E-state index < -0.39 is 5.97 Å². The molecule has 1 N–H and O–H groups in total. The number of pyridine rings is 2. The minimum Gasteiger partial charge on any atom is -0.485 e. The fourth-order valence-corrected chi connectivity index (χ4v) is 3.88. The van der Waals surface area contributed by atoms with E-state index in [0.717, 1.165) is 16.8 Å². The highest BCUT2D eigenvalue weighted by Gasteiger charge is 2.21. The van der Waals surface area contributed by atoms with Gasteiger partial charge in [0, 0.05) is 12.4 Å². The van der Waals surface area contributed by atoms with Crippen LogP contribution in [-0.4, -0.2) is 25.4 Å². The van der Waals surface area contributed by atoms with Gasteiger partial charge in [0.2, 0.25) is 0 Å². The van der Waals surface area contributed by atoms with Crippen LogP contribution < -0.4 is 4.74 Å². The molecule has 3 aromatic heterocycles. The first-order valence-corrected chi connectivity index (χ1v) is 10.3. The Bertz CT molecular complexity index is 1420. The lowest BCUT2D eigenvalue weighted by Crippen LogP contribution is -2.07. The minimum atomic E-state index is -1.04. The molecule has 6 heteroatoms. The molecular weight excluding hydrogens is 402 g/mol. The van der Waals surface area contributed by atoms with E-state index in [1.54, 1.807) is 6.07 Å². The smallest absolute Gasteiger partial charge is 0.336 e. The number of carbonyl (C=O) groups is 1. The Morgan fingerprint density at radius 2 is 1.78 bits per heavy atom. The zero-order valence-corrected chi connectivity index (χ0v) is 17.7. The van der Waals surface area contributed by atoms with Crippen LogP contribution in [0.1, 0.15) is 34.5 Å². The maximum absolute atomic E-state index is 12.3. The quantitative estimate of drug-likeness (QED) is 0.393. The summed E-state index contributed by atoms with van der Waals surface area (Å²) in [5.41, 5.74) is 4.50. The predicted octanol–water partition coefficient (Wildman–Crippen LogP) is 5.70. The van der Waals surface area contributed by atoms with E-state index in [0.29, 0.717) is 28.0 Å². The maximum atomic E-state index is 12.3. The van der Waals surface area contributed by atoms with E-state index in [1.807, 2.05) is 91.3 Å². The largest absolute Gasteiger partial charge is 0.485 e. The number of carboxylic acids is 1. The summed E-state index contributed by atoms with van der Waals surface area (Å²) in [6.45, 7) is 3.86. The molecule has 6 nitrogen and oxygen atoms in total. The molecule has 0 saturated heterocycles. The molecule has 158 valence electrons. The van der Waals surface area contributed by atoms with Gasteiger partial charge in [-0.1, -0.05) is 42.5 Å². The van der Waals surface area contributed by atoms with Gasteiger partial charge < -0.3 is 14.2 Å². The number of imidazole rings is 1. The average molecular weight is 423 g/mol. The van der Waals surface area contributed by atoms with Crippen molar-refractivity contribution >= 4 is 22.5 Å². The van der Waals surface area contributed by atoms with Gasteiger partial charge in [-0.15, -0.1) is 0 Å². The monoisotopic (exact) mass is 423 g/mol. The van der Waals surface area contributed by atoms with E-state index in [4.69, 9.17) is 9.72 Å². The molecule has 0 amide bonds. The third kappa shape index (κ3) is 3.46. The van der Waals surface area contributed by atoms with Crippen LogP contribution in [0.15, 0.2) is 79.1 Å². The van der Waals surface area contributed by atoms with E-state index >= 15 is 0 Å². The SMILES string of the molecule is Cc1ccc(O[C@H](C)c2ccccc2)c2c(C(=O)O)cc(-c3cn4ccccc4n3)nc12. The van der Waals surface area contributed by atoms with E-state index in [2.05, 4.69) is 4.98 Å². The van der Waals surface area contributed by atoms with Crippen molar-refractivity contribution in [2.45, 2.75) is 20.0 Å². The molecule has 32 heavy (non-hydrogen) atoms. The first kappa shape index (κ1) is 19.8. The number of fused-ring (bicyclic) bond motifs is 2. The van der Waals surface area contributed by atoms with Crippen molar-refractivity contribution in [1.29, 1.82) is 0 Å². The Kier molecular flexibility index (Phi) is 4.82. The van der Waals surface area contributed by atoms with E-state index in [1.165, 1.54) is 0 Å². The number of nitrogens with zero attached hydrogens (tertiary/aromatic N) is 3. The topological polar surface area (TPSA) is 76.7 Å². The summed E-state index contributed by atoms with van der Waals surface area (Å²) in [4.78, 5) is 21.7. The second kappa shape index (κ2) is 7.81. The van der Waals surface area contributed by atoms with Crippen LogP contribution >= 0.6 is 0 Å². The van der Waals surface area contributed by atoms with Gasteiger partial charge in [-0.3, -0.25) is 0 Å². The van der Waals surface area contributed by atoms with Gasteiger partial charge in [-0.05, 0) is 49.2 Å². The summed E-state index contributed by atoms with van der Waals surface area (Å²) in [6, 6.07) is 20.8. The number of benzene rings is 2. The van der Waals surface area contributed by atoms with Gasteiger partial charge in [0.05, 0.1) is 22.2 Å². The van der Waals surface area contributed by atoms with Crippen LogP contribution in [0.25, 0.3) is 27.9 Å². The van der Waals surface area contributed by atoms with E-state index in [-0.39, 0.29) is 11.7 Å². The van der Waals surface area contributed by atoms with Crippen LogP contribution in [0.3, 0.4) is 0 Å². The Morgan fingerprint density at radius 3 is 2.53 bits per heavy atom. The van der Waals surface area contributed by atoms with Gasteiger partial charge in [0.1, 0.15) is 23.2 Å². The highest BCUT2D eigenvalue weighted by molar-refractivity contribution is 6.07. The second-order valence-corrected chi connectivity index (χ2v) is 7.73. The van der Waals surface area contributed by atoms with Crippen molar-refractivity contribution in [2.75, 3.05) is 0 Å². The van der Waals surface area contributed by atoms with Crippen molar-refractivity contribution in [1.82, 2.24) is 14.4 Å². The molecular formula is C26H21N3O3. The first-order valence-electron chi connectivity index (χ1n) is 10.3. The van der Waals surface area contributed by atoms with Crippen molar-refractivity contribution in [3.05, 3.63) is 95.8 Å². The Labute approximate surface area is 184 Å². The van der Waals surface area contributed by atoms with Crippen molar-refractivity contribution in [3.63, 3.8) is 0 Å². The number of ether oxygens (including phenoxy) is 1. The van der Waals surface area contributed by atoms with Gasteiger partial charge >= 0.3 is 5.97 Å². The van der Waals surface area contributed by atoms with Crippen LogP contribution in [0, 0.1) is 6.92 Å². The van der Waals surface area contributed by atoms with Crippen molar-refractivity contribution < 1.29 is 14.6 Å². The molecule has 3 heterocycles. The predicted molar refractivity (Wildman–Crippen MR) is 123 cm³/mol. The number of aromatic carboxylic acids is 1. The average Bonchev–Trinajstić information content (AvgIpc) is 3.25. The fraction of sp³-hybridized carbons (Fsp3) is 0.115. The zero-order valence-electron chi connectivity index (χ0n) is 17.7. The summed E-state index contributed by atoms with van der Waals surface area (Å²) in [7, 11) is 0. The van der Waals surface area contributed by atoms with Gasteiger partial charge in [-0.2, -0.15) is 0 Å². The van der Waals surface area contributed by atoms with Crippen LogP contribution in [-0.2, 0) is 0 Å². The lowest BCUT2D eigenvalue weighted by Gasteiger charge is -2.18. The molecule has 0 aliphatic heterocycles. The molecule has 0 unspecified atom stereocenters. The molecule has 2 aromatic carbocycles. The number of hydrogen-bond acceptors (Lipinski definition) is 4. The number of hydrogen-bond donors (Lipinski definition) is 1. The molecule has 0 bridgehead atoms. The van der Waals surface area contributed by atoms with Gasteiger partial charge in [0.25, 0.3) is 0 Å². The summed E-state index contributed by atoms with van der Waals surface area (Å²) < 4.78 is 8.11. The fourth-order valence-electron chi connectivity index (χ4n) is 3.88. The third-order valence-electron chi connectivity index (χ3n) is 5.55. The molecule has 5 rings (SSSR count).